The van der Waals surface area contributed by atoms with Crippen molar-refractivity contribution in [2.75, 3.05) is 19.8 Å². The number of fused-ring (bicyclic) bond motifs is 1. The molecule has 0 N–H and O–H groups in total. The van der Waals surface area contributed by atoms with Crippen molar-refractivity contribution < 1.29 is 23.4 Å². The standard InChI is InChI=1S/C20H17ClO6/c1-2-24-14-4-6-15(7-5-14)25-9-10-26-20(23)19-12-17(22)16-11-13(21)3-8-18(16)27-19/h3-8,11-12H,2,9-10H2,1H3. The van der Waals surface area contributed by atoms with Gasteiger partial charge < -0.3 is 18.6 Å². The zero-order chi connectivity index (χ0) is 19.2. The fraction of sp³-hybridized carbons (Fsp3) is 0.200. The average Bonchev–Trinajstić information content (AvgIpc) is 2.67. The predicted octanol–water partition coefficient (Wildman–Crippen LogP) is 4.08. The third-order valence-electron chi connectivity index (χ3n) is 3.61. The molecule has 0 aliphatic heterocycles. The van der Waals surface area contributed by atoms with Gasteiger partial charge in [0.1, 0.15) is 30.3 Å². The van der Waals surface area contributed by atoms with Crippen molar-refractivity contribution in [3.8, 4) is 11.5 Å². The van der Waals surface area contributed by atoms with Crippen LogP contribution in [0, 0.1) is 0 Å². The van der Waals surface area contributed by atoms with Crippen molar-refractivity contribution in [2.24, 2.45) is 0 Å². The first-order valence-electron chi connectivity index (χ1n) is 8.33. The lowest BCUT2D eigenvalue weighted by molar-refractivity contribution is 0.0415. The molecule has 27 heavy (non-hydrogen) atoms. The molecule has 140 valence electrons. The summed E-state index contributed by atoms with van der Waals surface area (Å²) in [5, 5.41) is 0.717. The maximum absolute atomic E-state index is 12.1. The van der Waals surface area contributed by atoms with E-state index in [1.54, 1.807) is 30.3 Å². The molecule has 0 bridgehead atoms. The topological polar surface area (TPSA) is 75.0 Å². The molecule has 0 saturated carbocycles. The minimum Gasteiger partial charge on any atom is -0.494 e. The molecule has 1 heterocycles. The van der Waals surface area contributed by atoms with Crippen molar-refractivity contribution in [3.63, 3.8) is 0 Å². The first kappa shape index (κ1) is 18.8. The zero-order valence-electron chi connectivity index (χ0n) is 14.6. The maximum Gasteiger partial charge on any atom is 0.374 e. The Bertz CT molecular complexity index is 994. The van der Waals surface area contributed by atoms with Crippen molar-refractivity contribution >= 4 is 28.5 Å². The van der Waals surface area contributed by atoms with E-state index in [0.717, 1.165) is 11.8 Å². The number of carbonyl (C=O) groups is 1. The monoisotopic (exact) mass is 388 g/mol. The number of halogens is 1. The second kappa shape index (κ2) is 8.60. The summed E-state index contributed by atoms with van der Waals surface area (Å²) in [5.74, 6) is 0.475. The fourth-order valence-electron chi connectivity index (χ4n) is 2.39. The summed E-state index contributed by atoms with van der Waals surface area (Å²) >= 11 is 5.86. The smallest absolute Gasteiger partial charge is 0.374 e. The van der Waals surface area contributed by atoms with Crippen LogP contribution in [0.2, 0.25) is 5.02 Å². The summed E-state index contributed by atoms with van der Waals surface area (Å²) in [4.78, 5) is 24.2. The SMILES string of the molecule is CCOc1ccc(OCCOC(=O)c2cc(=O)c3cc(Cl)ccc3o2)cc1. The Balaban J connectivity index is 1.55. The Morgan fingerprint density at radius 1 is 1.00 bits per heavy atom. The lowest BCUT2D eigenvalue weighted by atomic mass is 10.2. The van der Waals surface area contributed by atoms with Gasteiger partial charge in [-0.15, -0.1) is 0 Å². The fourth-order valence-corrected chi connectivity index (χ4v) is 2.56. The summed E-state index contributed by atoms with van der Waals surface area (Å²) < 4.78 is 21.4. The zero-order valence-corrected chi connectivity index (χ0v) is 15.3. The minimum absolute atomic E-state index is 0.00834. The molecule has 3 rings (SSSR count). The molecule has 0 aliphatic rings. The molecule has 0 atom stereocenters. The third-order valence-corrected chi connectivity index (χ3v) is 3.85. The molecule has 0 unspecified atom stereocenters. The molecule has 0 radical (unpaired) electrons. The first-order chi connectivity index (χ1) is 13.1. The summed E-state index contributed by atoms with van der Waals surface area (Å²) in [6.07, 6.45) is 0. The lowest BCUT2D eigenvalue weighted by Crippen LogP contribution is -2.14. The molecule has 3 aromatic rings. The normalized spacial score (nSPS) is 10.6. The van der Waals surface area contributed by atoms with E-state index in [-0.39, 0.29) is 30.0 Å². The van der Waals surface area contributed by atoms with Crippen LogP contribution in [0.1, 0.15) is 17.5 Å². The minimum atomic E-state index is -0.737. The Morgan fingerprint density at radius 2 is 1.70 bits per heavy atom. The van der Waals surface area contributed by atoms with Gasteiger partial charge in [-0.2, -0.15) is 0 Å². The highest BCUT2D eigenvalue weighted by atomic mass is 35.5. The molecule has 0 spiro atoms. The van der Waals surface area contributed by atoms with E-state index in [9.17, 15) is 9.59 Å². The largest absolute Gasteiger partial charge is 0.494 e. The van der Waals surface area contributed by atoms with Gasteiger partial charge in [0.05, 0.1) is 12.0 Å². The second-order valence-electron chi connectivity index (χ2n) is 5.50. The molecule has 0 aliphatic carbocycles. The Labute approximate surface area is 160 Å². The van der Waals surface area contributed by atoms with E-state index in [0.29, 0.717) is 22.8 Å². The van der Waals surface area contributed by atoms with E-state index in [1.807, 2.05) is 6.92 Å². The van der Waals surface area contributed by atoms with Crippen LogP contribution in [0.25, 0.3) is 11.0 Å². The number of benzene rings is 2. The average molecular weight is 389 g/mol. The van der Waals surface area contributed by atoms with Gasteiger partial charge in [-0.05, 0) is 49.4 Å². The van der Waals surface area contributed by atoms with Crippen LogP contribution in [0.3, 0.4) is 0 Å². The molecule has 0 saturated heterocycles. The van der Waals surface area contributed by atoms with Crippen LogP contribution in [-0.4, -0.2) is 25.8 Å². The summed E-state index contributed by atoms with van der Waals surface area (Å²) in [7, 11) is 0. The van der Waals surface area contributed by atoms with Gasteiger partial charge in [0.2, 0.25) is 5.76 Å². The summed E-state index contributed by atoms with van der Waals surface area (Å²) in [6, 6.07) is 12.8. The number of ether oxygens (including phenoxy) is 3. The third kappa shape index (κ3) is 4.80. The van der Waals surface area contributed by atoms with Crippen molar-refractivity contribution in [2.45, 2.75) is 6.92 Å². The van der Waals surface area contributed by atoms with Gasteiger partial charge in [0.25, 0.3) is 0 Å². The van der Waals surface area contributed by atoms with Gasteiger partial charge in [0, 0.05) is 11.1 Å². The second-order valence-corrected chi connectivity index (χ2v) is 5.94. The Kier molecular flexibility index (Phi) is 5.98. The van der Waals surface area contributed by atoms with Crippen LogP contribution >= 0.6 is 11.6 Å². The molecule has 1 aromatic heterocycles. The van der Waals surface area contributed by atoms with Crippen molar-refractivity contribution in [3.05, 3.63) is 69.5 Å². The van der Waals surface area contributed by atoms with E-state index in [2.05, 4.69) is 0 Å². The quantitative estimate of drug-likeness (QED) is 0.448. The highest BCUT2D eigenvalue weighted by molar-refractivity contribution is 6.31. The number of esters is 1. The molecule has 6 nitrogen and oxygen atoms in total. The number of hydrogen-bond acceptors (Lipinski definition) is 6. The van der Waals surface area contributed by atoms with E-state index < -0.39 is 5.97 Å². The Morgan fingerprint density at radius 3 is 2.41 bits per heavy atom. The van der Waals surface area contributed by atoms with Crippen LogP contribution < -0.4 is 14.9 Å². The van der Waals surface area contributed by atoms with Gasteiger partial charge in [-0.1, -0.05) is 11.6 Å². The molecule has 2 aromatic carbocycles. The Hall–Kier alpha value is -2.99. The van der Waals surface area contributed by atoms with Crippen LogP contribution in [0.5, 0.6) is 11.5 Å². The number of rotatable bonds is 7. The van der Waals surface area contributed by atoms with Crippen LogP contribution in [0.4, 0.5) is 0 Å². The number of hydrogen-bond donors (Lipinski definition) is 0. The molecular formula is C20H17ClO6. The van der Waals surface area contributed by atoms with Gasteiger partial charge >= 0.3 is 5.97 Å². The van der Waals surface area contributed by atoms with Crippen LogP contribution in [0.15, 0.2) is 57.7 Å². The molecular weight excluding hydrogens is 372 g/mol. The lowest BCUT2D eigenvalue weighted by Gasteiger charge is -2.08. The maximum atomic E-state index is 12.1. The highest BCUT2D eigenvalue weighted by Gasteiger charge is 2.14. The van der Waals surface area contributed by atoms with Crippen molar-refractivity contribution in [1.29, 1.82) is 0 Å². The van der Waals surface area contributed by atoms with E-state index in [1.165, 1.54) is 12.1 Å². The van der Waals surface area contributed by atoms with Crippen LogP contribution in [-0.2, 0) is 4.74 Å². The number of carbonyl (C=O) groups excluding carboxylic acids is 1. The predicted molar refractivity (Wildman–Crippen MR) is 101 cm³/mol. The van der Waals surface area contributed by atoms with Gasteiger partial charge in [0.15, 0.2) is 5.43 Å². The van der Waals surface area contributed by atoms with Gasteiger partial charge in [-0.25, -0.2) is 4.79 Å². The molecule has 7 heteroatoms. The highest BCUT2D eigenvalue weighted by Crippen LogP contribution is 2.19. The van der Waals surface area contributed by atoms with E-state index >= 15 is 0 Å². The summed E-state index contributed by atoms with van der Waals surface area (Å²) in [6.45, 7) is 2.67. The van der Waals surface area contributed by atoms with E-state index in [4.69, 9.17) is 30.2 Å². The molecule has 0 amide bonds. The summed E-state index contributed by atoms with van der Waals surface area (Å²) in [5.41, 5.74) is -0.0965. The van der Waals surface area contributed by atoms with Gasteiger partial charge in [-0.3, -0.25) is 4.79 Å². The van der Waals surface area contributed by atoms with Crippen molar-refractivity contribution in [1.82, 2.24) is 0 Å². The first-order valence-corrected chi connectivity index (χ1v) is 8.71. The molecule has 0 fully saturated rings.